The van der Waals surface area contributed by atoms with E-state index < -0.39 is 0 Å². The lowest BCUT2D eigenvalue weighted by Gasteiger charge is -2.17. The number of amides is 1. The number of imidazole rings is 1. The van der Waals surface area contributed by atoms with Gasteiger partial charge in [0.15, 0.2) is 5.65 Å². The minimum atomic E-state index is 0.0826. The van der Waals surface area contributed by atoms with Crippen LogP contribution in [0, 0.1) is 11.8 Å². The van der Waals surface area contributed by atoms with Crippen LogP contribution in [0.1, 0.15) is 43.5 Å². The van der Waals surface area contributed by atoms with Gasteiger partial charge in [0.05, 0.1) is 0 Å². The highest BCUT2D eigenvalue weighted by atomic mass is 16.2. The van der Waals surface area contributed by atoms with E-state index in [9.17, 15) is 4.79 Å². The molecule has 1 unspecified atom stereocenters. The number of aromatic nitrogens is 5. The predicted octanol–water partition coefficient (Wildman–Crippen LogP) is 3.01. The normalized spacial score (nSPS) is 17.1. The highest BCUT2D eigenvalue weighted by molar-refractivity contribution is 5.92. The Bertz CT molecular complexity index is 972. The van der Waals surface area contributed by atoms with Crippen molar-refractivity contribution < 1.29 is 4.79 Å². The lowest BCUT2D eigenvalue weighted by molar-refractivity contribution is 0.0774. The second kappa shape index (κ2) is 7.73. The summed E-state index contributed by atoms with van der Waals surface area (Å²) < 4.78 is 4.03. The van der Waals surface area contributed by atoms with Crippen molar-refractivity contribution in [2.45, 2.75) is 46.7 Å². The Morgan fingerprint density at radius 2 is 2.14 bits per heavy atom. The molecule has 3 aromatic heterocycles. The van der Waals surface area contributed by atoms with Gasteiger partial charge in [-0.1, -0.05) is 13.8 Å². The van der Waals surface area contributed by atoms with Crippen LogP contribution in [-0.4, -0.2) is 48.2 Å². The number of fused-ring (bicyclic) bond motifs is 1. The average Bonchev–Trinajstić information content (AvgIpc) is 3.40. The van der Waals surface area contributed by atoms with E-state index in [1.807, 2.05) is 36.2 Å². The molecule has 0 bridgehead atoms. The van der Waals surface area contributed by atoms with Crippen molar-refractivity contribution in [1.82, 2.24) is 29.2 Å². The third-order valence-corrected chi connectivity index (χ3v) is 5.41. The summed E-state index contributed by atoms with van der Waals surface area (Å²) >= 11 is 0. The number of carbonyl (C=O) groups excluding carboxylic acids is 1. The number of rotatable bonds is 6. The summed E-state index contributed by atoms with van der Waals surface area (Å²) in [5.41, 5.74) is 2.60. The van der Waals surface area contributed by atoms with Gasteiger partial charge in [0.2, 0.25) is 0 Å². The molecule has 1 fully saturated rings. The van der Waals surface area contributed by atoms with Gasteiger partial charge in [-0.3, -0.25) is 9.48 Å². The number of aryl methyl sites for hydroxylation is 1. The first kappa shape index (κ1) is 18.7. The molecule has 0 aliphatic carbocycles. The van der Waals surface area contributed by atoms with Crippen LogP contribution in [0.2, 0.25) is 0 Å². The quantitative estimate of drug-likeness (QED) is 0.659. The van der Waals surface area contributed by atoms with Crippen molar-refractivity contribution in [2.24, 2.45) is 11.8 Å². The van der Waals surface area contributed by atoms with Crippen molar-refractivity contribution in [3.05, 3.63) is 42.1 Å². The fraction of sp³-hybridized carbons (Fsp3) is 0.524. The van der Waals surface area contributed by atoms with Crippen molar-refractivity contribution >= 4 is 17.1 Å². The van der Waals surface area contributed by atoms with Gasteiger partial charge in [-0.2, -0.15) is 5.10 Å². The lowest BCUT2D eigenvalue weighted by atomic mass is 10.0. The Hall–Kier alpha value is -2.70. The number of pyridine rings is 1. The maximum Gasteiger partial charge on any atom is 0.272 e. The van der Waals surface area contributed by atoms with Gasteiger partial charge in [0.25, 0.3) is 5.91 Å². The highest BCUT2D eigenvalue weighted by Crippen LogP contribution is 2.24. The van der Waals surface area contributed by atoms with Crippen LogP contribution in [0.5, 0.6) is 0 Å². The smallest absolute Gasteiger partial charge is 0.272 e. The lowest BCUT2D eigenvalue weighted by Crippen LogP contribution is -2.31. The summed E-state index contributed by atoms with van der Waals surface area (Å²) in [6.07, 6.45) is 5.41. The number of hydrogen-bond donors (Lipinski definition) is 0. The summed E-state index contributed by atoms with van der Waals surface area (Å²) in [5.74, 6) is 2.11. The zero-order valence-corrected chi connectivity index (χ0v) is 16.9. The second-order valence-electron chi connectivity index (χ2n) is 8.02. The molecule has 148 valence electrons. The molecular weight excluding hydrogens is 352 g/mol. The van der Waals surface area contributed by atoms with Gasteiger partial charge >= 0.3 is 0 Å². The Balaban J connectivity index is 1.51. The van der Waals surface area contributed by atoms with Gasteiger partial charge in [-0.25, -0.2) is 9.97 Å². The van der Waals surface area contributed by atoms with E-state index in [4.69, 9.17) is 4.98 Å². The first-order valence-electron chi connectivity index (χ1n) is 10.2. The molecular formula is C21H28N6O. The Morgan fingerprint density at radius 1 is 1.29 bits per heavy atom. The molecule has 4 heterocycles. The van der Waals surface area contributed by atoms with Crippen LogP contribution >= 0.6 is 0 Å². The molecule has 7 heteroatoms. The van der Waals surface area contributed by atoms with Crippen LogP contribution in [-0.2, 0) is 19.5 Å². The first-order valence-corrected chi connectivity index (χ1v) is 10.2. The molecule has 0 saturated carbocycles. The number of hydrogen-bond acceptors (Lipinski definition) is 4. The minimum absolute atomic E-state index is 0.0826. The number of likely N-dealkylation sites (tertiary alicyclic amines) is 1. The van der Waals surface area contributed by atoms with Gasteiger partial charge in [-0.05, 0) is 43.4 Å². The second-order valence-corrected chi connectivity index (χ2v) is 8.02. The first-order chi connectivity index (χ1) is 13.6. The van der Waals surface area contributed by atoms with E-state index in [0.717, 1.165) is 49.5 Å². The summed E-state index contributed by atoms with van der Waals surface area (Å²) in [6.45, 7) is 9.61. The zero-order chi connectivity index (χ0) is 19.7. The third-order valence-electron chi connectivity index (χ3n) is 5.41. The molecule has 1 saturated heterocycles. The van der Waals surface area contributed by atoms with Gasteiger partial charge in [0.1, 0.15) is 17.0 Å². The van der Waals surface area contributed by atoms with Crippen LogP contribution in [0.25, 0.3) is 11.2 Å². The fourth-order valence-corrected chi connectivity index (χ4v) is 4.09. The molecule has 7 nitrogen and oxygen atoms in total. The molecule has 0 spiro atoms. The maximum absolute atomic E-state index is 12.9. The van der Waals surface area contributed by atoms with Crippen molar-refractivity contribution in [2.75, 3.05) is 13.1 Å². The largest absolute Gasteiger partial charge is 0.337 e. The van der Waals surface area contributed by atoms with E-state index in [-0.39, 0.29) is 5.91 Å². The maximum atomic E-state index is 12.9. The Labute approximate surface area is 165 Å². The Kier molecular flexibility index (Phi) is 5.15. The molecule has 1 atom stereocenters. The predicted molar refractivity (Wildman–Crippen MR) is 108 cm³/mol. The van der Waals surface area contributed by atoms with Crippen LogP contribution in [0.15, 0.2) is 30.6 Å². The van der Waals surface area contributed by atoms with Crippen molar-refractivity contribution in [3.8, 4) is 0 Å². The minimum Gasteiger partial charge on any atom is -0.337 e. The van der Waals surface area contributed by atoms with E-state index in [1.54, 1.807) is 10.9 Å². The van der Waals surface area contributed by atoms with Crippen LogP contribution < -0.4 is 0 Å². The summed E-state index contributed by atoms with van der Waals surface area (Å²) in [4.78, 5) is 24.2. The number of nitrogens with zero attached hydrogens (tertiary/aromatic N) is 6. The molecule has 0 radical (unpaired) electrons. The van der Waals surface area contributed by atoms with E-state index in [0.29, 0.717) is 24.1 Å². The topological polar surface area (TPSA) is 68.8 Å². The molecule has 0 aromatic carbocycles. The van der Waals surface area contributed by atoms with Gasteiger partial charge in [0, 0.05) is 45.0 Å². The molecule has 4 rings (SSSR count). The van der Waals surface area contributed by atoms with E-state index >= 15 is 0 Å². The van der Waals surface area contributed by atoms with Crippen molar-refractivity contribution in [1.29, 1.82) is 0 Å². The summed E-state index contributed by atoms with van der Waals surface area (Å²) in [7, 11) is 0. The van der Waals surface area contributed by atoms with Crippen molar-refractivity contribution in [3.63, 3.8) is 0 Å². The van der Waals surface area contributed by atoms with Gasteiger partial charge in [-0.15, -0.1) is 0 Å². The van der Waals surface area contributed by atoms with Crippen LogP contribution in [0.3, 0.4) is 0 Å². The average molecular weight is 380 g/mol. The monoisotopic (exact) mass is 380 g/mol. The molecule has 28 heavy (non-hydrogen) atoms. The van der Waals surface area contributed by atoms with E-state index in [2.05, 4.69) is 28.5 Å². The molecule has 0 N–H and O–H groups in total. The van der Waals surface area contributed by atoms with Gasteiger partial charge < -0.3 is 9.47 Å². The molecule has 1 aliphatic rings. The number of carbonyl (C=O) groups is 1. The summed E-state index contributed by atoms with van der Waals surface area (Å²) in [6, 6.07) is 5.78. The highest BCUT2D eigenvalue weighted by Gasteiger charge is 2.30. The fourth-order valence-electron chi connectivity index (χ4n) is 4.09. The Morgan fingerprint density at radius 3 is 2.93 bits per heavy atom. The summed E-state index contributed by atoms with van der Waals surface area (Å²) in [5, 5.41) is 4.23. The third kappa shape index (κ3) is 3.53. The molecule has 1 amide bonds. The SMILES string of the molecule is CCn1nccc1C(=O)N1CCC(Cc2nc3cccnc3n2CC(C)C)C1. The van der Waals surface area contributed by atoms with E-state index in [1.165, 1.54) is 0 Å². The molecule has 3 aromatic rings. The van der Waals surface area contributed by atoms with Crippen LogP contribution in [0.4, 0.5) is 0 Å². The standard InChI is InChI=1S/C21H28N6O/c1-4-27-18(7-10-23-27)21(28)25-11-8-16(14-25)12-19-24-17-6-5-9-22-20(17)26(19)13-15(2)3/h5-7,9-10,15-16H,4,8,11-14H2,1-3H3. The zero-order valence-electron chi connectivity index (χ0n) is 16.9. The molecule has 1 aliphatic heterocycles.